The zero-order chi connectivity index (χ0) is 10.3. The van der Waals surface area contributed by atoms with Crippen LogP contribution in [0.1, 0.15) is 11.3 Å². The van der Waals surface area contributed by atoms with Crippen LogP contribution in [0.5, 0.6) is 0 Å². The van der Waals surface area contributed by atoms with Gasteiger partial charge in [-0.1, -0.05) is 0 Å². The molecule has 2 aromatic rings. The Labute approximate surface area is 90.1 Å². The van der Waals surface area contributed by atoms with Gasteiger partial charge in [-0.05, 0) is 12.1 Å². The predicted molar refractivity (Wildman–Crippen MR) is 59.6 cm³/mol. The number of H-pyrrole nitrogens is 2. The Hall–Kier alpha value is -1.49. The molecule has 0 atom stereocenters. The molecule has 0 spiro atoms. The molecule has 0 saturated heterocycles. The molecule has 0 radical (unpaired) electrons. The first-order chi connectivity index (χ1) is 7.34. The molecule has 0 unspecified atom stereocenters. The maximum Gasteiger partial charge on any atom is 0.255 e. The summed E-state index contributed by atoms with van der Waals surface area (Å²) in [5.41, 5.74) is 2.60. The summed E-state index contributed by atoms with van der Waals surface area (Å²) < 4.78 is 0. The fraction of sp³-hybridized carbons (Fsp3) is 0.200. The smallest absolute Gasteiger partial charge is 0.255 e. The Bertz CT molecular complexity index is 544. The number of rotatable bonds is 1. The van der Waals surface area contributed by atoms with E-state index < -0.39 is 0 Å². The summed E-state index contributed by atoms with van der Waals surface area (Å²) in [5.74, 6) is 2.25. The average Bonchev–Trinajstić information content (AvgIpc) is 2.88. The Kier molecular flexibility index (Phi) is 1.92. The van der Waals surface area contributed by atoms with Crippen molar-refractivity contribution < 1.29 is 0 Å². The van der Waals surface area contributed by atoms with Crippen molar-refractivity contribution in [2.75, 3.05) is 0 Å². The number of hydrogen-bond donors (Lipinski definition) is 2. The average molecular weight is 219 g/mol. The molecule has 2 N–H and O–H groups in total. The van der Waals surface area contributed by atoms with Crippen LogP contribution in [0.25, 0.3) is 11.5 Å². The summed E-state index contributed by atoms with van der Waals surface area (Å²) >= 11 is 1.73. The van der Waals surface area contributed by atoms with E-state index in [-0.39, 0.29) is 5.56 Å². The van der Waals surface area contributed by atoms with Gasteiger partial charge in [0.1, 0.15) is 0 Å². The summed E-state index contributed by atoms with van der Waals surface area (Å²) in [6.45, 7) is 0. The molecule has 3 rings (SSSR count). The maximum atomic E-state index is 11.7. The van der Waals surface area contributed by atoms with Crippen molar-refractivity contribution >= 4 is 11.8 Å². The molecule has 76 valence electrons. The Balaban J connectivity index is 2.20. The lowest BCUT2D eigenvalue weighted by atomic mass is 10.2. The highest BCUT2D eigenvalue weighted by atomic mass is 32.2. The van der Waals surface area contributed by atoms with Crippen molar-refractivity contribution in [1.82, 2.24) is 15.0 Å². The number of aromatic nitrogens is 3. The van der Waals surface area contributed by atoms with Crippen LogP contribution >= 0.6 is 11.8 Å². The molecular formula is C10H9N3OS. The fourth-order valence-electron chi connectivity index (χ4n) is 1.67. The van der Waals surface area contributed by atoms with Crippen molar-refractivity contribution in [1.29, 1.82) is 0 Å². The monoisotopic (exact) mass is 219 g/mol. The molecule has 0 saturated carbocycles. The Morgan fingerprint density at radius 2 is 2.33 bits per heavy atom. The second-order valence-corrected chi connectivity index (χ2v) is 4.40. The molecule has 1 aliphatic heterocycles. The molecule has 0 amide bonds. The van der Waals surface area contributed by atoms with E-state index in [0.717, 1.165) is 28.5 Å². The van der Waals surface area contributed by atoms with Gasteiger partial charge in [0.15, 0.2) is 5.82 Å². The van der Waals surface area contributed by atoms with E-state index in [9.17, 15) is 4.79 Å². The van der Waals surface area contributed by atoms with Gasteiger partial charge in [-0.25, -0.2) is 4.98 Å². The van der Waals surface area contributed by atoms with E-state index in [2.05, 4.69) is 15.0 Å². The first-order valence-corrected chi connectivity index (χ1v) is 5.83. The largest absolute Gasteiger partial charge is 0.359 e. The molecule has 3 heterocycles. The SMILES string of the molecule is O=c1[nH]c(-c2ccc[nH]2)nc2c1CSC2. The standard InChI is InChI=1S/C10H9N3OS/c14-10-6-4-15-5-8(6)12-9(13-10)7-2-1-3-11-7/h1-3,11H,4-5H2,(H,12,13,14). The molecule has 5 heteroatoms. The zero-order valence-electron chi connectivity index (χ0n) is 7.91. The van der Waals surface area contributed by atoms with E-state index in [1.165, 1.54) is 0 Å². The summed E-state index contributed by atoms with van der Waals surface area (Å²) in [4.78, 5) is 22.0. The van der Waals surface area contributed by atoms with Gasteiger partial charge in [0.2, 0.25) is 0 Å². The number of nitrogens with zero attached hydrogens (tertiary/aromatic N) is 1. The molecular weight excluding hydrogens is 210 g/mol. The number of thioether (sulfide) groups is 1. The van der Waals surface area contributed by atoms with Crippen LogP contribution in [0.2, 0.25) is 0 Å². The zero-order valence-corrected chi connectivity index (χ0v) is 8.73. The number of aromatic amines is 2. The molecule has 15 heavy (non-hydrogen) atoms. The summed E-state index contributed by atoms with van der Waals surface area (Å²) in [7, 11) is 0. The van der Waals surface area contributed by atoms with Crippen LogP contribution in [0.4, 0.5) is 0 Å². The highest BCUT2D eigenvalue weighted by molar-refractivity contribution is 7.98. The van der Waals surface area contributed by atoms with Gasteiger partial charge in [-0.15, -0.1) is 0 Å². The second-order valence-electron chi connectivity index (χ2n) is 3.42. The Morgan fingerprint density at radius 3 is 3.13 bits per heavy atom. The molecule has 0 bridgehead atoms. The van der Waals surface area contributed by atoms with E-state index in [4.69, 9.17) is 0 Å². The van der Waals surface area contributed by atoms with Crippen molar-refractivity contribution in [3.63, 3.8) is 0 Å². The minimum atomic E-state index is -0.00500. The van der Waals surface area contributed by atoms with Crippen LogP contribution in [-0.2, 0) is 11.5 Å². The molecule has 4 nitrogen and oxygen atoms in total. The van der Waals surface area contributed by atoms with Gasteiger partial charge in [0, 0.05) is 23.3 Å². The van der Waals surface area contributed by atoms with Crippen molar-refractivity contribution in [3.8, 4) is 11.5 Å². The quantitative estimate of drug-likeness (QED) is 0.764. The lowest BCUT2D eigenvalue weighted by Crippen LogP contribution is -2.15. The summed E-state index contributed by atoms with van der Waals surface area (Å²) in [6.07, 6.45) is 1.82. The van der Waals surface area contributed by atoms with Crippen LogP contribution in [0.3, 0.4) is 0 Å². The van der Waals surface area contributed by atoms with Gasteiger partial charge < -0.3 is 9.97 Å². The topological polar surface area (TPSA) is 61.5 Å². The normalized spacial score (nSPS) is 14.1. The highest BCUT2D eigenvalue weighted by Gasteiger charge is 2.17. The number of nitrogens with one attached hydrogen (secondary N) is 2. The third-order valence-electron chi connectivity index (χ3n) is 2.44. The second kappa shape index (κ2) is 3.27. The van der Waals surface area contributed by atoms with Crippen LogP contribution < -0.4 is 5.56 Å². The third-order valence-corrected chi connectivity index (χ3v) is 3.41. The molecule has 2 aromatic heterocycles. The summed E-state index contributed by atoms with van der Waals surface area (Å²) in [6, 6.07) is 3.78. The van der Waals surface area contributed by atoms with Gasteiger partial charge in [0.05, 0.1) is 11.4 Å². The van der Waals surface area contributed by atoms with E-state index in [1.54, 1.807) is 11.8 Å². The van der Waals surface area contributed by atoms with Crippen LogP contribution in [0.15, 0.2) is 23.1 Å². The van der Waals surface area contributed by atoms with Gasteiger partial charge in [-0.2, -0.15) is 11.8 Å². The minimum absolute atomic E-state index is 0.00500. The van der Waals surface area contributed by atoms with E-state index >= 15 is 0 Å². The molecule has 0 aliphatic carbocycles. The maximum absolute atomic E-state index is 11.7. The first kappa shape index (κ1) is 8.79. The van der Waals surface area contributed by atoms with Crippen molar-refractivity contribution in [2.24, 2.45) is 0 Å². The predicted octanol–water partition coefficient (Wildman–Crippen LogP) is 1.51. The molecule has 1 aliphatic rings. The van der Waals surface area contributed by atoms with E-state index in [1.807, 2.05) is 18.3 Å². The van der Waals surface area contributed by atoms with Gasteiger partial charge in [0.25, 0.3) is 5.56 Å². The molecule has 0 fully saturated rings. The van der Waals surface area contributed by atoms with E-state index in [0.29, 0.717) is 5.82 Å². The lowest BCUT2D eigenvalue weighted by molar-refractivity contribution is 1.03. The lowest BCUT2D eigenvalue weighted by Gasteiger charge is -2.00. The first-order valence-electron chi connectivity index (χ1n) is 4.68. The fourth-order valence-corrected chi connectivity index (χ4v) is 2.70. The highest BCUT2D eigenvalue weighted by Crippen LogP contribution is 2.26. The minimum Gasteiger partial charge on any atom is -0.359 e. The van der Waals surface area contributed by atoms with Gasteiger partial charge in [-0.3, -0.25) is 4.79 Å². The molecule has 0 aromatic carbocycles. The number of hydrogen-bond acceptors (Lipinski definition) is 3. The number of fused-ring (bicyclic) bond motifs is 1. The van der Waals surface area contributed by atoms with Crippen molar-refractivity contribution in [3.05, 3.63) is 39.9 Å². The third kappa shape index (κ3) is 1.39. The van der Waals surface area contributed by atoms with Crippen molar-refractivity contribution in [2.45, 2.75) is 11.5 Å². The van der Waals surface area contributed by atoms with Crippen LogP contribution in [0, 0.1) is 0 Å². The summed E-state index contributed by atoms with van der Waals surface area (Å²) in [5, 5.41) is 0. The van der Waals surface area contributed by atoms with Crippen LogP contribution in [-0.4, -0.2) is 15.0 Å². The van der Waals surface area contributed by atoms with Gasteiger partial charge >= 0.3 is 0 Å². The Morgan fingerprint density at radius 1 is 1.40 bits per heavy atom.